The first-order chi connectivity index (χ1) is 8.49. The van der Waals surface area contributed by atoms with Crippen LogP contribution in [0.1, 0.15) is 18.9 Å². The van der Waals surface area contributed by atoms with E-state index in [1.807, 2.05) is 19.1 Å². The van der Waals surface area contributed by atoms with Crippen molar-refractivity contribution in [3.63, 3.8) is 0 Å². The van der Waals surface area contributed by atoms with E-state index in [1.54, 1.807) is 13.0 Å². The summed E-state index contributed by atoms with van der Waals surface area (Å²) in [6.07, 6.45) is 0.405. The van der Waals surface area contributed by atoms with Crippen molar-refractivity contribution in [1.29, 1.82) is 0 Å². The molecule has 0 aliphatic rings. The lowest BCUT2D eigenvalue weighted by atomic mass is 10.1. The number of carbonyl (C=O) groups is 2. The van der Waals surface area contributed by atoms with Crippen LogP contribution in [0.4, 0.5) is 5.69 Å². The molecule has 0 radical (unpaired) electrons. The highest BCUT2D eigenvalue weighted by molar-refractivity contribution is 9.10. The summed E-state index contributed by atoms with van der Waals surface area (Å²) in [5.41, 5.74) is 1.73. The van der Waals surface area contributed by atoms with E-state index in [-0.39, 0.29) is 5.91 Å². The van der Waals surface area contributed by atoms with Gasteiger partial charge in [0.2, 0.25) is 5.91 Å². The zero-order valence-electron chi connectivity index (χ0n) is 10.6. The average molecular weight is 314 g/mol. The second kappa shape index (κ2) is 6.54. The minimum atomic E-state index is -0.775. The van der Waals surface area contributed by atoms with Gasteiger partial charge in [0, 0.05) is 4.47 Å². The quantitative estimate of drug-likeness (QED) is 0.687. The Balaban J connectivity index is 2.83. The topological polar surface area (TPSA) is 55.4 Å². The summed E-state index contributed by atoms with van der Waals surface area (Å²) in [6, 6.07) is 5.58. The fourth-order valence-corrected chi connectivity index (χ4v) is 2.14. The molecule has 5 heteroatoms. The summed E-state index contributed by atoms with van der Waals surface area (Å²) in [7, 11) is 1.28. The van der Waals surface area contributed by atoms with Crippen LogP contribution in [0.2, 0.25) is 0 Å². The number of aryl methyl sites for hydroxylation is 1. The van der Waals surface area contributed by atoms with Gasteiger partial charge in [-0.05, 0) is 47.0 Å². The highest BCUT2D eigenvalue weighted by Crippen LogP contribution is 2.24. The Hall–Kier alpha value is -1.36. The maximum Gasteiger partial charge on any atom is 0.318 e. The molecular weight excluding hydrogens is 298 g/mol. The predicted molar refractivity (Wildman–Crippen MR) is 73.3 cm³/mol. The molecule has 4 nitrogen and oxygen atoms in total. The van der Waals surface area contributed by atoms with E-state index >= 15 is 0 Å². The van der Waals surface area contributed by atoms with E-state index < -0.39 is 11.9 Å². The minimum Gasteiger partial charge on any atom is -0.468 e. The van der Waals surface area contributed by atoms with Crippen molar-refractivity contribution in [2.24, 2.45) is 5.92 Å². The minimum absolute atomic E-state index is 0.353. The monoisotopic (exact) mass is 313 g/mol. The smallest absolute Gasteiger partial charge is 0.318 e. The Morgan fingerprint density at radius 3 is 2.61 bits per heavy atom. The van der Waals surface area contributed by atoms with Crippen LogP contribution < -0.4 is 5.32 Å². The van der Waals surface area contributed by atoms with Gasteiger partial charge < -0.3 is 10.1 Å². The third kappa shape index (κ3) is 3.57. The first kappa shape index (κ1) is 14.7. The van der Waals surface area contributed by atoms with Crippen molar-refractivity contribution in [1.82, 2.24) is 0 Å². The zero-order chi connectivity index (χ0) is 13.7. The van der Waals surface area contributed by atoms with E-state index in [9.17, 15) is 9.59 Å². The van der Waals surface area contributed by atoms with E-state index in [4.69, 9.17) is 0 Å². The normalized spacial score (nSPS) is 11.8. The van der Waals surface area contributed by atoms with Crippen molar-refractivity contribution >= 4 is 33.5 Å². The molecule has 1 atom stereocenters. The first-order valence-electron chi connectivity index (χ1n) is 5.64. The van der Waals surface area contributed by atoms with Gasteiger partial charge in [-0.1, -0.05) is 13.0 Å². The fourth-order valence-electron chi connectivity index (χ4n) is 1.54. The lowest BCUT2D eigenvalue weighted by Gasteiger charge is -2.13. The number of amides is 1. The molecule has 0 spiro atoms. The molecule has 0 fully saturated rings. The molecule has 0 heterocycles. The third-order valence-corrected chi connectivity index (χ3v) is 3.25. The number of benzene rings is 1. The molecule has 1 aromatic rings. The summed E-state index contributed by atoms with van der Waals surface area (Å²) in [5, 5.41) is 2.72. The van der Waals surface area contributed by atoms with Crippen molar-refractivity contribution in [3.05, 3.63) is 28.2 Å². The Bertz CT molecular complexity index is 460. The molecular formula is C13H16BrNO3. The molecule has 0 aromatic heterocycles. The second-order valence-electron chi connectivity index (χ2n) is 3.96. The lowest BCUT2D eigenvalue weighted by molar-refractivity contribution is -0.148. The standard InChI is InChI=1S/C13H16BrNO3/c1-4-9(13(17)18-3)12(16)15-11-6-5-8(2)7-10(11)14/h5-7,9H,4H2,1-3H3,(H,15,16). The van der Waals surface area contributed by atoms with Crippen LogP contribution >= 0.6 is 15.9 Å². The zero-order valence-corrected chi connectivity index (χ0v) is 12.2. The number of esters is 1. The van der Waals surface area contributed by atoms with Gasteiger partial charge in [0.15, 0.2) is 0 Å². The number of methoxy groups -OCH3 is 1. The van der Waals surface area contributed by atoms with Crippen molar-refractivity contribution in [2.45, 2.75) is 20.3 Å². The van der Waals surface area contributed by atoms with Gasteiger partial charge >= 0.3 is 5.97 Å². The van der Waals surface area contributed by atoms with Gasteiger partial charge in [-0.25, -0.2) is 0 Å². The molecule has 1 rings (SSSR count). The number of carbonyl (C=O) groups excluding carboxylic acids is 2. The highest BCUT2D eigenvalue weighted by atomic mass is 79.9. The van der Waals surface area contributed by atoms with E-state index in [2.05, 4.69) is 26.0 Å². The van der Waals surface area contributed by atoms with Gasteiger partial charge in [-0.3, -0.25) is 9.59 Å². The van der Waals surface area contributed by atoms with Crippen molar-refractivity contribution in [3.8, 4) is 0 Å². The third-order valence-electron chi connectivity index (χ3n) is 2.59. The maximum absolute atomic E-state index is 11.9. The second-order valence-corrected chi connectivity index (χ2v) is 4.81. The molecule has 0 aliphatic heterocycles. The van der Waals surface area contributed by atoms with Crippen molar-refractivity contribution in [2.75, 3.05) is 12.4 Å². The van der Waals surface area contributed by atoms with Crippen LogP contribution in [0.3, 0.4) is 0 Å². The molecule has 0 aliphatic carbocycles. The molecule has 98 valence electrons. The molecule has 18 heavy (non-hydrogen) atoms. The number of ether oxygens (including phenoxy) is 1. The maximum atomic E-state index is 11.9. The van der Waals surface area contributed by atoms with Crippen LogP contribution in [0.25, 0.3) is 0 Å². The Labute approximate surface area is 115 Å². The summed E-state index contributed by atoms with van der Waals surface area (Å²) in [6.45, 7) is 3.73. The van der Waals surface area contributed by atoms with Gasteiger partial charge in [0.25, 0.3) is 0 Å². The Morgan fingerprint density at radius 2 is 2.11 bits per heavy atom. The van der Waals surface area contributed by atoms with E-state index in [0.717, 1.165) is 10.0 Å². The van der Waals surface area contributed by atoms with Crippen LogP contribution in [0.15, 0.2) is 22.7 Å². The fraction of sp³-hybridized carbons (Fsp3) is 0.385. The average Bonchev–Trinajstić information content (AvgIpc) is 2.33. The molecule has 1 N–H and O–H groups in total. The van der Waals surface area contributed by atoms with E-state index in [1.165, 1.54) is 7.11 Å². The van der Waals surface area contributed by atoms with Gasteiger partial charge in [-0.2, -0.15) is 0 Å². The molecule has 0 saturated heterocycles. The van der Waals surface area contributed by atoms with Crippen LogP contribution in [-0.2, 0) is 14.3 Å². The van der Waals surface area contributed by atoms with Crippen LogP contribution in [0.5, 0.6) is 0 Å². The first-order valence-corrected chi connectivity index (χ1v) is 6.43. The predicted octanol–water partition coefficient (Wildman–Crippen LogP) is 2.90. The largest absolute Gasteiger partial charge is 0.468 e. The number of hydrogen-bond acceptors (Lipinski definition) is 3. The molecule has 1 amide bonds. The highest BCUT2D eigenvalue weighted by Gasteiger charge is 2.25. The lowest BCUT2D eigenvalue weighted by Crippen LogP contribution is -2.30. The summed E-state index contributed by atoms with van der Waals surface area (Å²) < 4.78 is 5.39. The van der Waals surface area contributed by atoms with Gasteiger partial charge in [0.1, 0.15) is 5.92 Å². The number of rotatable bonds is 4. The molecule has 0 saturated carbocycles. The molecule has 1 aromatic carbocycles. The van der Waals surface area contributed by atoms with Crippen LogP contribution in [0, 0.1) is 12.8 Å². The summed E-state index contributed by atoms with van der Waals surface area (Å²) in [5.74, 6) is -1.64. The molecule has 0 bridgehead atoms. The summed E-state index contributed by atoms with van der Waals surface area (Å²) in [4.78, 5) is 23.4. The number of nitrogens with one attached hydrogen (secondary N) is 1. The van der Waals surface area contributed by atoms with Crippen LogP contribution in [-0.4, -0.2) is 19.0 Å². The molecule has 1 unspecified atom stereocenters. The number of anilines is 1. The number of halogens is 1. The van der Waals surface area contributed by atoms with Crippen molar-refractivity contribution < 1.29 is 14.3 Å². The van der Waals surface area contributed by atoms with E-state index in [0.29, 0.717) is 12.1 Å². The number of hydrogen-bond donors (Lipinski definition) is 1. The Morgan fingerprint density at radius 1 is 1.44 bits per heavy atom. The van der Waals surface area contributed by atoms with Gasteiger partial charge in [-0.15, -0.1) is 0 Å². The Kier molecular flexibility index (Phi) is 5.34. The SMILES string of the molecule is CCC(C(=O)Nc1ccc(C)cc1Br)C(=O)OC. The van der Waals surface area contributed by atoms with Gasteiger partial charge in [0.05, 0.1) is 12.8 Å². The summed E-state index contributed by atoms with van der Waals surface area (Å²) >= 11 is 3.37.